The van der Waals surface area contributed by atoms with Crippen molar-refractivity contribution in [1.29, 1.82) is 0 Å². The van der Waals surface area contributed by atoms with Gasteiger partial charge in [-0.2, -0.15) is 0 Å². The van der Waals surface area contributed by atoms with E-state index in [1.54, 1.807) is 6.20 Å². The lowest BCUT2D eigenvalue weighted by atomic mass is 10.1. The van der Waals surface area contributed by atoms with E-state index >= 15 is 0 Å². The summed E-state index contributed by atoms with van der Waals surface area (Å²) in [6.07, 6.45) is 4.70. The number of anilines is 3. The minimum Gasteiger partial charge on any atom is -0.461 e. The van der Waals surface area contributed by atoms with Crippen LogP contribution in [0.4, 0.5) is 17.5 Å². The number of nitrogens with one attached hydrogen (secondary N) is 2. The van der Waals surface area contributed by atoms with Crippen LogP contribution < -0.4 is 15.5 Å². The van der Waals surface area contributed by atoms with Gasteiger partial charge in [-0.25, -0.2) is 15.0 Å². The summed E-state index contributed by atoms with van der Waals surface area (Å²) in [6.45, 7) is 19.3. The van der Waals surface area contributed by atoms with E-state index in [9.17, 15) is 9.59 Å². The van der Waals surface area contributed by atoms with Gasteiger partial charge in [0.15, 0.2) is 8.32 Å². The summed E-state index contributed by atoms with van der Waals surface area (Å²) in [4.78, 5) is 45.7. The van der Waals surface area contributed by atoms with Crippen molar-refractivity contribution in [2.75, 3.05) is 56.0 Å². The van der Waals surface area contributed by atoms with Crippen molar-refractivity contribution in [2.24, 2.45) is 0 Å². The molecule has 13 heteroatoms. The Morgan fingerprint density at radius 3 is 2.38 bits per heavy atom. The summed E-state index contributed by atoms with van der Waals surface area (Å²) in [5, 5.41) is 6.63. The summed E-state index contributed by atoms with van der Waals surface area (Å²) in [5.41, 5.74) is 4.91. The molecule has 2 aromatic heterocycles. The molecule has 56 heavy (non-hydrogen) atoms. The standard InChI is InChI=1S/C43H58N8O4Si/c1-32(52)55-38-26-37(17-19-44-41(53)30-50-23-21-49(22-24-50)28-33-11-8-7-9-12-33)51(29-38)40-16-15-35(27-46-40)39-18-20-45-42(48-39)47-36-14-10-13-34(25-36)31-54-56(5,6)43(2,3)4/h7-16,18,20,25,27,37-38H,17,19,21-24,26,28-31H2,1-6H3,(H,44,53)(H,45,47,48). The molecule has 1 amide bonds. The first kappa shape index (κ1) is 41.0. The number of aromatic nitrogens is 3. The minimum absolute atomic E-state index is 0.0344. The zero-order chi connectivity index (χ0) is 39.7. The highest BCUT2D eigenvalue weighted by molar-refractivity contribution is 6.74. The Balaban J connectivity index is 1.01. The Morgan fingerprint density at radius 2 is 1.66 bits per heavy atom. The van der Waals surface area contributed by atoms with E-state index in [2.05, 4.69) is 101 Å². The van der Waals surface area contributed by atoms with Gasteiger partial charge >= 0.3 is 5.97 Å². The van der Waals surface area contributed by atoms with Crippen molar-refractivity contribution in [3.05, 3.63) is 96.3 Å². The number of hydrogen-bond acceptors (Lipinski definition) is 11. The van der Waals surface area contributed by atoms with Crippen molar-refractivity contribution in [1.82, 2.24) is 30.1 Å². The number of carbonyl (C=O) groups is 2. The second-order valence-electron chi connectivity index (χ2n) is 16.5. The molecule has 2 aliphatic heterocycles. The monoisotopic (exact) mass is 778 g/mol. The predicted octanol–water partition coefficient (Wildman–Crippen LogP) is 6.64. The van der Waals surface area contributed by atoms with Gasteiger partial charge in [-0.3, -0.25) is 19.4 Å². The zero-order valence-corrected chi connectivity index (χ0v) is 34.8. The highest BCUT2D eigenvalue weighted by Crippen LogP contribution is 2.37. The van der Waals surface area contributed by atoms with Gasteiger partial charge < -0.3 is 24.7 Å². The minimum atomic E-state index is -1.87. The number of esters is 1. The highest BCUT2D eigenvalue weighted by atomic mass is 28.4. The molecule has 12 nitrogen and oxygen atoms in total. The smallest absolute Gasteiger partial charge is 0.302 e. The lowest BCUT2D eigenvalue weighted by Gasteiger charge is -2.36. The zero-order valence-electron chi connectivity index (χ0n) is 33.8. The third kappa shape index (κ3) is 11.4. The number of nitrogens with zero attached hydrogens (tertiary/aromatic N) is 6. The van der Waals surface area contributed by atoms with E-state index < -0.39 is 8.32 Å². The fourth-order valence-electron chi connectivity index (χ4n) is 6.97. The lowest BCUT2D eigenvalue weighted by molar-refractivity contribution is -0.145. The van der Waals surface area contributed by atoms with Crippen LogP contribution in [0.2, 0.25) is 18.1 Å². The second-order valence-corrected chi connectivity index (χ2v) is 21.3. The molecule has 2 atom stereocenters. The van der Waals surface area contributed by atoms with Crippen LogP contribution in [0.15, 0.2) is 85.2 Å². The molecule has 0 aliphatic carbocycles. The molecule has 2 aliphatic rings. The molecule has 0 saturated carbocycles. The Bertz CT molecular complexity index is 1900. The van der Waals surface area contributed by atoms with Crippen molar-refractivity contribution in [3.63, 3.8) is 0 Å². The van der Waals surface area contributed by atoms with E-state index in [1.165, 1.54) is 12.5 Å². The Morgan fingerprint density at radius 1 is 0.911 bits per heavy atom. The number of benzene rings is 2. The molecular weight excluding hydrogens is 721 g/mol. The SMILES string of the molecule is CC(=O)OC1CC(CCNC(=O)CN2CCN(Cc3ccccc3)CC2)N(c2ccc(-c3ccnc(Nc4cccc(CO[Si](C)(C)C(C)(C)C)c4)n3)cn2)C1. The largest absolute Gasteiger partial charge is 0.461 e. The van der Waals surface area contributed by atoms with Crippen molar-refractivity contribution in [3.8, 4) is 11.3 Å². The average molecular weight is 779 g/mol. The molecule has 2 saturated heterocycles. The maximum absolute atomic E-state index is 12.9. The van der Waals surface area contributed by atoms with Gasteiger partial charge in [-0.15, -0.1) is 0 Å². The first-order chi connectivity index (χ1) is 26.8. The maximum Gasteiger partial charge on any atom is 0.302 e. The normalized spacial score (nSPS) is 18.1. The van der Waals surface area contributed by atoms with Crippen molar-refractivity contribution in [2.45, 2.75) is 84.0 Å². The number of pyridine rings is 1. The molecule has 298 valence electrons. The third-order valence-electron chi connectivity index (χ3n) is 11.2. The summed E-state index contributed by atoms with van der Waals surface area (Å²) in [7, 11) is -1.87. The predicted molar refractivity (Wildman–Crippen MR) is 224 cm³/mol. The fourth-order valence-corrected chi connectivity index (χ4v) is 7.93. The number of carbonyl (C=O) groups excluding carboxylic acids is 2. The van der Waals surface area contributed by atoms with E-state index in [4.69, 9.17) is 19.1 Å². The van der Waals surface area contributed by atoms with Gasteiger partial charge in [0.2, 0.25) is 11.9 Å². The van der Waals surface area contributed by atoms with Crippen LogP contribution in [0.3, 0.4) is 0 Å². The van der Waals surface area contributed by atoms with Gasteiger partial charge in [-0.05, 0) is 66.0 Å². The van der Waals surface area contributed by atoms with Crippen molar-refractivity contribution >= 4 is 37.6 Å². The molecule has 0 radical (unpaired) electrons. The third-order valence-corrected chi connectivity index (χ3v) is 15.7. The number of rotatable bonds is 15. The van der Waals surface area contributed by atoms with Gasteiger partial charge in [0.05, 0.1) is 25.4 Å². The van der Waals surface area contributed by atoms with Crippen LogP contribution in [-0.2, 0) is 31.9 Å². The summed E-state index contributed by atoms with van der Waals surface area (Å²) < 4.78 is 12.1. The fraction of sp³-hybridized carbons (Fsp3) is 0.465. The molecule has 4 heterocycles. The van der Waals surface area contributed by atoms with E-state index in [-0.39, 0.29) is 29.1 Å². The lowest BCUT2D eigenvalue weighted by Crippen LogP contribution is -2.49. The van der Waals surface area contributed by atoms with E-state index in [0.717, 1.165) is 61.0 Å². The Kier molecular flexibility index (Phi) is 13.5. The van der Waals surface area contributed by atoms with Crippen LogP contribution in [-0.4, -0.2) is 103 Å². The van der Waals surface area contributed by atoms with E-state index in [1.807, 2.05) is 42.6 Å². The first-order valence-corrected chi connectivity index (χ1v) is 22.7. The maximum atomic E-state index is 12.9. The van der Waals surface area contributed by atoms with Gasteiger partial charge in [0.25, 0.3) is 0 Å². The summed E-state index contributed by atoms with van der Waals surface area (Å²) >= 11 is 0. The Hall–Kier alpha value is -4.69. The highest BCUT2D eigenvalue weighted by Gasteiger charge is 2.37. The number of amides is 1. The molecule has 2 fully saturated rings. The Labute approximate surface area is 333 Å². The van der Waals surface area contributed by atoms with Gasteiger partial charge in [0, 0.05) is 82.3 Å². The average Bonchev–Trinajstić information content (AvgIpc) is 3.56. The number of hydrogen-bond donors (Lipinski definition) is 2. The molecule has 0 bridgehead atoms. The van der Waals surface area contributed by atoms with Crippen LogP contribution in [0.25, 0.3) is 11.3 Å². The van der Waals surface area contributed by atoms with Gasteiger partial charge in [0.1, 0.15) is 11.9 Å². The molecule has 6 rings (SSSR count). The summed E-state index contributed by atoms with van der Waals surface area (Å²) in [5.74, 6) is 1.02. The topological polar surface area (TPSA) is 125 Å². The second kappa shape index (κ2) is 18.5. The number of ether oxygens (including phenoxy) is 1. The molecule has 2 unspecified atom stereocenters. The van der Waals surface area contributed by atoms with Crippen LogP contribution in [0.5, 0.6) is 0 Å². The number of piperazine rings is 1. The van der Waals surface area contributed by atoms with Crippen LogP contribution >= 0.6 is 0 Å². The summed E-state index contributed by atoms with van der Waals surface area (Å²) in [6, 6.07) is 24.6. The molecule has 4 aromatic rings. The van der Waals surface area contributed by atoms with Crippen molar-refractivity contribution < 1.29 is 18.8 Å². The van der Waals surface area contributed by atoms with E-state index in [0.29, 0.717) is 45.0 Å². The first-order valence-electron chi connectivity index (χ1n) is 19.8. The molecular formula is C43H58N8O4Si. The quantitative estimate of drug-likeness (QED) is 0.0998. The van der Waals surface area contributed by atoms with Crippen LogP contribution in [0, 0.1) is 0 Å². The molecule has 0 spiro atoms. The van der Waals surface area contributed by atoms with Gasteiger partial charge in [-0.1, -0.05) is 63.2 Å². The van der Waals surface area contributed by atoms with Crippen LogP contribution in [0.1, 0.15) is 51.7 Å². The molecule has 2 aromatic carbocycles. The molecule has 2 N–H and O–H groups in total.